The first-order chi connectivity index (χ1) is 17.5. The van der Waals surface area contributed by atoms with E-state index < -0.39 is 53.1 Å². The lowest BCUT2D eigenvalue weighted by Crippen LogP contribution is -2.47. The molecule has 0 aliphatic carbocycles. The molecule has 0 amide bonds. The van der Waals surface area contributed by atoms with Gasteiger partial charge in [0.2, 0.25) is 5.82 Å². The van der Waals surface area contributed by atoms with Crippen LogP contribution in [0.1, 0.15) is 109 Å². The van der Waals surface area contributed by atoms with Gasteiger partial charge in [-0.2, -0.15) is 17.6 Å². The van der Waals surface area contributed by atoms with Crippen LogP contribution in [0.4, 0.5) is 22.0 Å². The zero-order valence-electron chi connectivity index (χ0n) is 22.1. The molecule has 0 saturated carbocycles. The number of unbranched alkanes of at least 4 members (excludes halogenated alkanes) is 11. The van der Waals surface area contributed by atoms with Crippen LogP contribution in [0.15, 0.2) is 12.1 Å². The molecule has 0 unspecified atom stereocenters. The normalized spacial score (nSPS) is 23.9. The first-order valence-electron chi connectivity index (χ1n) is 13.5. The molecule has 1 saturated heterocycles. The van der Waals surface area contributed by atoms with E-state index in [4.69, 9.17) is 9.47 Å². The minimum atomic E-state index is -4.86. The van der Waals surface area contributed by atoms with Crippen molar-refractivity contribution >= 4 is 5.97 Å². The Morgan fingerprint density at radius 3 is 1.97 bits per heavy atom. The second-order valence-electron chi connectivity index (χ2n) is 10.3. The number of ether oxygens (including phenoxy) is 2. The molecule has 1 aliphatic heterocycles. The van der Waals surface area contributed by atoms with Crippen LogP contribution in [0.3, 0.4) is 0 Å². The number of aliphatic carboxylic acids is 1. The van der Waals surface area contributed by atoms with E-state index in [9.17, 15) is 31.9 Å². The molecule has 1 aromatic rings. The topological polar surface area (TPSA) is 55.8 Å². The second kappa shape index (κ2) is 14.3. The Morgan fingerprint density at radius 1 is 0.973 bits per heavy atom. The fourth-order valence-corrected chi connectivity index (χ4v) is 5.08. The van der Waals surface area contributed by atoms with Crippen molar-refractivity contribution in [2.75, 3.05) is 6.61 Å². The Bertz CT molecular complexity index is 860. The lowest BCUT2D eigenvalue weighted by atomic mass is 9.77. The smallest absolute Gasteiger partial charge is 0.417 e. The molecule has 1 heterocycles. The highest BCUT2D eigenvalue weighted by Crippen LogP contribution is 2.54. The van der Waals surface area contributed by atoms with Crippen LogP contribution in [0.2, 0.25) is 0 Å². The number of hydrogen-bond acceptors (Lipinski definition) is 3. The molecule has 212 valence electrons. The summed E-state index contributed by atoms with van der Waals surface area (Å²) in [6.07, 6.45) is 6.65. The van der Waals surface area contributed by atoms with Crippen LogP contribution in [0.5, 0.6) is 5.75 Å². The summed E-state index contributed by atoms with van der Waals surface area (Å²) in [4.78, 5) is 11.8. The predicted molar refractivity (Wildman–Crippen MR) is 132 cm³/mol. The first-order valence-corrected chi connectivity index (χ1v) is 13.5. The molecule has 37 heavy (non-hydrogen) atoms. The SMILES string of the molecule is CCCCCCCCCCCCCCOc1c([C@H]2[C@H](C(=O)O)O[C@@](C)(C(F)(F)F)[C@H]2C)ccc(F)c1F. The van der Waals surface area contributed by atoms with Gasteiger partial charge in [-0.1, -0.05) is 90.5 Å². The van der Waals surface area contributed by atoms with Gasteiger partial charge in [-0.3, -0.25) is 0 Å². The largest absolute Gasteiger partial charge is 0.490 e. The third-order valence-electron chi connectivity index (χ3n) is 7.60. The Labute approximate surface area is 216 Å². The summed E-state index contributed by atoms with van der Waals surface area (Å²) in [5.41, 5.74) is -2.90. The van der Waals surface area contributed by atoms with Crippen LogP contribution in [-0.4, -0.2) is 35.6 Å². The lowest BCUT2D eigenvalue weighted by molar-refractivity contribution is -0.273. The second-order valence-corrected chi connectivity index (χ2v) is 10.3. The van der Waals surface area contributed by atoms with Gasteiger partial charge in [0, 0.05) is 17.4 Å². The van der Waals surface area contributed by atoms with E-state index in [1.807, 2.05) is 0 Å². The van der Waals surface area contributed by atoms with Crippen LogP contribution in [-0.2, 0) is 9.53 Å². The summed E-state index contributed by atoms with van der Waals surface area (Å²) in [6.45, 7) is 4.23. The summed E-state index contributed by atoms with van der Waals surface area (Å²) in [5, 5.41) is 9.57. The number of rotatable bonds is 16. The van der Waals surface area contributed by atoms with E-state index in [-0.39, 0.29) is 12.2 Å². The molecule has 9 heteroatoms. The molecule has 0 bridgehead atoms. The average Bonchev–Trinajstić information content (AvgIpc) is 3.11. The van der Waals surface area contributed by atoms with Crippen molar-refractivity contribution < 1.29 is 41.3 Å². The maximum absolute atomic E-state index is 14.7. The van der Waals surface area contributed by atoms with Gasteiger partial charge in [-0.15, -0.1) is 0 Å². The van der Waals surface area contributed by atoms with E-state index in [0.29, 0.717) is 6.42 Å². The quantitative estimate of drug-likeness (QED) is 0.170. The standard InChI is InChI=1S/C28H41F5O4/c1-4-5-6-7-8-9-10-11-12-13-14-15-18-36-24-20(16-17-21(29)23(24)30)22-19(2)27(3,28(31,32)33)37-25(22)26(34)35/h16-17,19,22,25H,4-15,18H2,1-3H3,(H,34,35)/t19-,22-,25+,27+/m0/s1. The molecule has 1 aromatic carbocycles. The Kier molecular flexibility index (Phi) is 12.1. The van der Waals surface area contributed by atoms with Gasteiger partial charge in [0.15, 0.2) is 23.3 Å². The van der Waals surface area contributed by atoms with Crippen molar-refractivity contribution in [3.63, 3.8) is 0 Å². The summed E-state index contributed by atoms with van der Waals surface area (Å²) >= 11 is 0. The molecule has 1 fully saturated rings. The third kappa shape index (κ3) is 8.04. The zero-order valence-corrected chi connectivity index (χ0v) is 22.1. The molecule has 2 rings (SSSR count). The summed E-state index contributed by atoms with van der Waals surface area (Å²) in [5.74, 6) is -7.47. The fourth-order valence-electron chi connectivity index (χ4n) is 5.08. The minimum Gasteiger partial charge on any atom is -0.490 e. The number of carbonyl (C=O) groups is 1. The maximum atomic E-state index is 14.7. The average molecular weight is 537 g/mol. The Morgan fingerprint density at radius 2 is 1.49 bits per heavy atom. The highest BCUT2D eigenvalue weighted by atomic mass is 19.4. The van der Waals surface area contributed by atoms with E-state index in [1.54, 1.807) is 0 Å². The van der Waals surface area contributed by atoms with Crippen molar-refractivity contribution in [3.8, 4) is 5.75 Å². The Hall–Kier alpha value is -1.90. The molecule has 0 radical (unpaired) electrons. The maximum Gasteiger partial charge on any atom is 0.417 e. The summed E-state index contributed by atoms with van der Waals surface area (Å²) in [6, 6.07) is 1.87. The van der Waals surface area contributed by atoms with Crippen LogP contribution in [0.25, 0.3) is 0 Å². The van der Waals surface area contributed by atoms with Gasteiger partial charge >= 0.3 is 12.1 Å². The number of hydrogen-bond donors (Lipinski definition) is 1. The molecule has 1 aliphatic rings. The third-order valence-corrected chi connectivity index (χ3v) is 7.60. The minimum absolute atomic E-state index is 0.0427. The molecule has 4 nitrogen and oxygen atoms in total. The molecule has 0 spiro atoms. The van der Waals surface area contributed by atoms with Gasteiger partial charge in [0.25, 0.3) is 0 Å². The van der Waals surface area contributed by atoms with Crippen molar-refractivity contribution in [1.82, 2.24) is 0 Å². The van der Waals surface area contributed by atoms with Gasteiger partial charge in [-0.25, -0.2) is 9.18 Å². The highest BCUT2D eigenvalue weighted by molar-refractivity contribution is 5.75. The van der Waals surface area contributed by atoms with Gasteiger partial charge < -0.3 is 14.6 Å². The highest BCUT2D eigenvalue weighted by Gasteiger charge is 2.66. The monoisotopic (exact) mass is 536 g/mol. The zero-order chi connectivity index (χ0) is 27.6. The van der Waals surface area contributed by atoms with Gasteiger partial charge in [0.05, 0.1) is 6.61 Å². The lowest BCUT2D eigenvalue weighted by Gasteiger charge is -2.32. The number of benzene rings is 1. The predicted octanol–water partition coefficient (Wildman–Crippen LogP) is 8.57. The van der Waals surface area contributed by atoms with Crippen molar-refractivity contribution in [2.24, 2.45) is 5.92 Å². The number of alkyl halides is 3. The summed E-state index contributed by atoms with van der Waals surface area (Å²) in [7, 11) is 0. The van der Waals surface area contributed by atoms with E-state index >= 15 is 0 Å². The Balaban J connectivity index is 1.95. The number of carboxylic acids is 1. The number of carboxylic acid groups (broad SMARTS) is 1. The van der Waals surface area contributed by atoms with Crippen LogP contribution in [0, 0.1) is 17.6 Å². The van der Waals surface area contributed by atoms with E-state index in [1.165, 1.54) is 51.9 Å². The van der Waals surface area contributed by atoms with Crippen LogP contribution < -0.4 is 4.74 Å². The number of halogens is 5. The molecule has 1 N–H and O–H groups in total. The van der Waals surface area contributed by atoms with Gasteiger partial charge in [-0.05, 0) is 19.4 Å². The van der Waals surface area contributed by atoms with E-state index in [0.717, 1.165) is 44.7 Å². The van der Waals surface area contributed by atoms with Gasteiger partial charge in [0.1, 0.15) is 0 Å². The van der Waals surface area contributed by atoms with E-state index in [2.05, 4.69) is 6.92 Å². The van der Waals surface area contributed by atoms with Crippen LogP contribution >= 0.6 is 0 Å². The summed E-state index contributed by atoms with van der Waals surface area (Å²) < 4.78 is 80.6. The molecular weight excluding hydrogens is 495 g/mol. The molecular formula is C28H41F5O4. The molecule has 4 atom stereocenters. The molecule has 0 aromatic heterocycles. The van der Waals surface area contributed by atoms with Crippen molar-refractivity contribution in [3.05, 3.63) is 29.3 Å². The first kappa shape index (κ1) is 31.3. The van der Waals surface area contributed by atoms with Crippen molar-refractivity contribution in [1.29, 1.82) is 0 Å². The fraction of sp³-hybridized carbons (Fsp3) is 0.750. The van der Waals surface area contributed by atoms with Crippen molar-refractivity contribution in [2.45, 2.75) is 122 Å².